The number of carbonyl (C=O) groups excluding carboxylic acids is 2. The third-order valence-corrected chi connectivity index (χ3v) is 6.05. The summed E-state index contributed by atoms with van der Waals surface area (Å²) in [5, 5.41) is 4.18. The van der Waals surface area contributed by atoms with Crippen molar-refractivity contribution in [2.45, 2.75) is 13.0 Å². The van der Waals surface area contributed by atoms with Crippen molar-refractivity contribution < 1.29 is 23.5 Å². The summed E-state index contributed by atoms with van der Waals surface area (Å²) in [6, 6.07) is 14.4. The van der Waals surface area contributed by atoms with Crippen LogP contribution in [-0.4, -0.2) is 70.3 Å². The summed E-state index contributed by atoms with van der Waals surface area (Å²) >= 11 is 0. The molecule has 35 heavy (non-hydrogen) atoms. The van der Waals surface area contributed by atoms with Gasteiger partial charge in [0.1, 0.15) is 18.1 Å². The predicted octanol–water partition coefficient (Wildman–Crippen LogP) is 1.80. The molecule has 2 amide bonds. The van der Waals surface area contributed by atoms with Crippen molar-refractivity contribution in [1.82, 2.24) is 19.6 Å². The van der Waals surface area contributed by atoms with Gasteiger partial charge in [0.05, 0.1) is 0 Å². The minimum Gasteiger partial charge on any atom is -0.485 e. The number of aromatic nitrogens is 2. The van der Waals surface area contributed by atoms with Crippen LogP contribution in [0.2, 0.25) is 0 Å². The van der Waals surface area contributed by atoms with E-state index in [1.54, 1.807) is 42.2 Å². The van der Waals surface area contributed by atoms with Gasteiger partial charge in [0, 0.05) is 37.9 Å². The molecule has 0 radical (unpaired) electrons. The number of hydrogen-bond acceptors (Lipinski definition) is 6. The molecule has 1 saturated heterocycles. The molecule has 1 aromatic heterocycles. The highest BCUT2D eigenvalue weighted by molar-refractivity contribution is 5.92. The minimum atomic E-state index is -0.765. The van der Waals surface area contributed by atoms with Crippen molar-refractivity contribution in [3.63, 3.8) is 0 Å². The van der Waals surface area contributed by atoms with Gasteiger partial charge in [-0.25, -0.2) is 9.07 Å². The van der Waals surface area contributed by atoms with E-state index in [0.717, 1.165) is 0 Å². The quantitative estimate of drug-likeness (QED) is 0.570. The monoisotopic (exact) mass is 478 g/mol. The molecule has 3 aromatic rings. The maximum atomic E-state index is 14.3. The van der Waals surface area contributed by atoms with Crippen LogP contribution in [0.4, 0.5) is 4.39 Å². The van der Waals surface area contributed by atoms with Gasteiger partial charge in [-0.1, -0.05) is 24.3 Å². The van der Waals surface area contributed by atoms with Gasteiger partial charge in [0.15, 0.2) is 17.2 Å². The van der Waals surface area contributed by atoms with Crippen molar-refractivity contribution >= 4 is 11.8 Å². The second-order valence-corrected chi connectivity index (χ2v) is 8.34. The number of para-hydroxylation sites is 3. The Morgan fingerprint density at radius 2 is 1.63 bits per heavy atom. The number of carbonyl (C=O) groups is 2. The number of aryl methyl sites for hydroxylation is 1. The number of fused-ring (bicyclic) bond motifs is 1. The first kappa shape index (κ1) is 22.6. The minimum absolute atomic E-state index is 0.109. The maximum Gasteiger partial charge on any atom is 0.278 e. The number of benzene rings is 2. The summed E-state index contributed by atoms with van der Waals surface area (Å²) in [7, 11) is 0. The molecular weight excluding hydrogens is 455 g/mol. The van der Waals surface area contributed by atoms with Gasteiger partial charge in [-0.2, -0.15) is 5.10 Å². The Labute approximate surface area is 200 Å². The molecule has 0 aliphatic carbocycles. The van der Waals surface area contributed by atoms with E-state index in [4.69, 9.17) is 9.47 Å². The summed E-state index contributed by atoms with van der Waals surface area (Å²) in [6.45, 7) is 2.73. The molecule has 2 aliphatic heterocycles. The average Bonchev–Trinajstić information content (AvgIpc) is 2.88. The average molecular weight is 478 g/mol. The highest BCUT2D eigenvalue weighted by Crippen LogP contribution is 2.31. The first-order chi connectivity index (χ1) is 16.9. The van der Waals surface area contributed by atoms with E-state index in [0.29, 0.717) is 17.2 Å². The molecule has 1 atom stereocenters. The lowest BCUT2D eigenvalue weighted by Gasteiger charge is -2.37. The number of amides is 2. The lowest BCUT2D eigenvalue weighted by atomic mass is 10.2. The third-order valence-electron chi connectivity index (χ3n) is 6.05. The van der Waals surface area contributed by atoms with Crippen LogP contribution in [0.25, 0.3) is 5.69 Å². The first-order valence-corrected chi connectivity index (χ1v) is 11.2. The Balaban J connectivity index is 1.27. The largest absolute Gasteiger partial charge is 0.485 e. The van der Waals surface area contributed by atoms with Crippen molar-refractivity contribution in [2.24, 2.45) is 0 Å². The van der Waals surface area contributed by atoms with E-state index < -0.39 is 23.3 Å². The fourth-order valence-corrected chi connectivity index (χ4v) is 4.19. The molecule has 9 nitrogen and oxygen atoms in total. The molecule has 2 aliphatic rings. The van der Waals surface area contributed by atoms with Crippen molar-refractivity contribution in [2.75, 3.05) is 32.8 Å². The number of halogens is 1. The molecule has 0 saturated carbocycles. The van der Waals surface area contributed by atoms with Gasteiger partial charge in [0.25, 0.3) is 11.8 Å². The number of hydrogen-bond donors (Lipinski definition) is 0. The Morgan fingerprint density at radius 1 is 0.971 bits per heavy atom. The molecule has 180 valence electrons. The SMILES string of the molecule is Cc1cc(=O)c(C(=O)N2CCN(C(=O)C3COc4ccccc4O3)CC2)nn1-c1ccccc1F. The predicted molar refractivity (Wildman–Crippen MR) is 123 cm³/mol. The number of piperazine rings is 1. The molecule has 0 bridgehead atoms. The highest BCUT2D eigenvalue weighted by atomic mass is 19.1. The van der Waals surface area contributed by atoms with Gasteiger partial charge in [0.2, 0.25) is 11.5 Å². The number of nitrogens with zero attached hydrogens (tertiary/aromatic N) is 4. The third kappa shape index (κ3) is 4.34. The zero-order chi connectivity index (χ0) is 24.5. The molecule has 0 spiro atoms. The van der Waals surface area contributed by atoms with E-state index in [2.05, 4.69) is 5.10 Å². The second kappa shape index (κ2) is 9.21. The Kier molecular flexibility index (Phi) is 5.94. The van der Waals surface area contributed by atoms with Crippen LogP contribution >= 0.6 is 0 Å². The smallest absolute Gasteiger partial charge is 0.278 e. The Hall–Kier alpha value is -4.21. The van der Waals surface area contributed by atoms with E-state index in [1.165, 1.54) is 27.8 Å². The molecule has 2 aromatic carbocycles. The van der Waals surface area contributed by atoms with Gasteiger partial charge >= 0.3 is 0 Å². The molecular formula is C25H23FN4O5. The molecule has 5 rings (SSSR count). The normalized spacial score (nSPS) is 17.3. The summed E-state index contributed by atoms with van der Waals surface area (Å²) in [5.41, 5.74) is -0.279. The number of ether oxygens (including phenoxy) is 2. The molecule has 10 heteroatoms. The van der Waals surface area contributed by atoms with E-state index in [-0.39, 0.29) is 50.1 Å². The van der Waals surface area contributed by atoms with E-state index >= 15 is 0 Å². The lowest BCUT2D eigenvalue weighted by Crippen LogP contribution is -2.55. The van der Waals surface area contributed by atoms with Crippen LogP contribution < -0.4 is 14.9 Å². The number of rotatable bonds is 3. The van der Waals surface area contributed by atoms with Crippen LogP contribution in [0.15, 0.2) is 59.4 Å². The second-order valence-electron chi connectivity index (χ2n) is 8.34. The van der Waals surface area contributed by atoms with Crippen LogP contribution in [0.1, 0.15) is 16.2 Å². The van der Waals surface area contributed by atoms with E-state index in [9.17, 15) is 18.8 Å². The fourth-order valence-electron chi connectivity index (χ4n) is 4.19. The van der Waals surface area contributed by atoms with Gasteiger partial charge < -0.3 is 19.3 Å². The van der Waals surface area contributed by atoms with Gasteiger partial charge in [-0.3, -0.25) is 14.4 Å². The van der Waals surface area contributed by atoms with Gasteiger partial charge in [-0.15, -0.1) is 0 Å². The van der Waals surface area contributed by atoms with Crippen molar-refractivity contribution in [3.8, 4) is 17.2 Å². The summed E-state index contributed by atoms with van der Waals surface area (Å²) < 4.78 is 27.0. The summed E-state index contributed by atoms with van der Waals surface area (Å²) in [4.78, 5) is 41.7. The summed E-state index contributed by atoms with van der Waals surface area (Å²) in [5.74, 6) is -0.185. The Bertz CT molecular complexity index is 1350. The first-order valence-electron chi connectivity index (χ1n) is 11.2. The zero-order valence-corrected chi connectivity index (χ0v) is 19.0. The van der Waals surface area contributed by atoms with Crippen molar-refractivity contribution in [3.05, 3.63) is 82.0 Å². The molecule has 0 N–H and O–H groups in total. The highest BCUT2D eigenvalue weighted by Gasteiger charge is 2.34. The van der Waals surface area contributed by atoms with Crippen LogP contribution in [0.3, 0.4) is 0 Å². The van der Waals surface area contributed by atoms with Crippen LogP contribution in [0, 0.1) is 12.7 Å². The van der Waals surface area contributed by atoms with Crippen LogP contribution in [0.5, 0.6) is 11.5 Å². The Morgan fingerprint density at radius 3 is 2.37 bits per heavy atom. The van der Waals surface area contributed by atoms with Crippen LogP contribution in [-0.2, 0) is 4.79 Å². The lowest BCUT2D eigenvalue weighted by molar-refractivity contribution is -0.142. The van der Waals surface area contributed by atoms with E-state index in [1.807, 2.05) is 6.07 Å². The van der Waals surface area contributed by atoms with Crippen molar-refractivity contribution in [1.29, 1.82) is 0 Å². The maximum absolute atomic E-state index is 14.3. The molecule has 1 unspecified atom stereocenters. The molecule has 1 fully saturated rings. The fraction of sp³-hybridized carbons (Fsp3) is 0.280. The summed E-state index contributed by atoms with van der Waals surface area (Å²) in [6.07, 6.45) is -0.765. The van der Waals surface area contributed by atoms with Gasteiger partial charge in [-0.05, 0) is 31.2 Å². The standard InChI is InChI=1S/C25H23FN4O5/c1-16-14-19(31)23(27-30(16)18-7-3-2-6-17(18)26)25(33)29-12-10-28(11-13-29)24(32)22-15-34-20-8-4-5-9-21(20)35-22/h2-9,14,22H,10-13,15H2,1H3. The zero-order valence-electron chi connectivity index (χ0n) is 19.0. The molecule has 3 heterocycles. The topological polar surface area (TPSA) is 94.0 Å².